The summed E-state index contributed by atoms with van der Waals surface area (Å²) in [5, 5.41) is 11.6. The predicted octanol–water partition coefficient (Wildman–Crippen LogP) is 4.81. The van der Waals surface area contributed by atoms with Gasteiger partial charge in [-0.2, -0.15) is 5.26 Å². The van der Waals surface area contributed by atoms with Gasteiger partial charge < -0.3 is 10.1 Å². The van der Waals surface area contributed by atoms with Gasteiger partial charge in [-0.3, -0.25) is 4.79 Å². The van der Waals surface area contributed by atoms with Crippen molar-refractivity contribution in [2.75, 3.05) is 5.32 Å². The monoisotopic (exact) mass is 396 g/mol. The summed E-state index contributed by atoms with van der Waals surface area (Å²) in [5.74, 6) is -1.04. The molecule has 0 saturated heterocycles. The minimum Gasteiger partial charge on any atom is -0.449 e. The molecule has 0 spiro atoms. The van der Waals surface area contributed by atoms with Crippen LogP contribution < -0.4 is 5.32 Å². The Kier molecular flexibility index (Phi) is 6.75. The number of hydrogen-bond acceptors (Lipinski definition) is 4. The van der Waals surface area contributed by atoms with Gasteiger partial charge in [-0.15, -0.1) is 0 Å². The number of nitrogens with one attached hydrogen (secondary N) is 1. The van der Waals surface area contributed by atoms with E-state index in [2.05, 4.69) is 5.32 Å². The molecule has 0 fully saturated rings. The van der Waals surface area contributed by atoms with Crippen molar-refractivity contribution in [3.8, 4) is 17.2 Å². The lowest BCUT2D eigenvalue weighted by molar-refractivity contribution is -0.148. The first-order valence-corrected chi connectivity index (χ1v) is 9.41. The molecule has 5 nitrogen and oxygen atoms in total. The number of ether oxygens (including phenoxy) is 1. The molecule has 0 aliphatic rings. The minimum atomic E-state index is -0.966. The van der Waals surface area contributed by atoms with E-state index >= 15 is 0 Å². The zero-order valence-electron chi connectivity index (χ0n) is 16.4. The number of esters is 1. The molecule has 1 amide bonds. The van der Waals surface area contributed by atoms with Crippen molar-refractivity contribution >= 4 is 23.6 Å². The molecule has 0 radical (unpaired) electrons. The number of nitriles is 1. The van der Waals surface area contributed by atoms with Crippen LogP contribution in [0.3, 0.4) is 0 Å². The summed E-state index contributed by atoms with van der Waals surface area (Å²) in [6.07, 6.45) is 1.86. The smallest absolute Gasteiger partial charge is 0.331 e. The van der Waals surface area contributed by atoms with Gasteiger partial charge in [0.1, 0.15) is 0 Å². The third kappa shape index (κ3) is 5.43. The van der Waals surface area contributed by atoms with Crippen LogP contribution in [0.1, 0.15) is 18.1 Å². The number of amides is 1. The highest BCUT2D eigenvalue weighted by atomic mass is 16.5. The summed E-state index contributed by atoms with van der Waals surface area (Å²) >= 11 is 0. The fraction of sp³-hybridized carbons (Fsp3) is 0.0800. The van der Waals surface area contributed by atoms with Crippen LogP contribution in [0.25, 0.3) is 17.2 Å². The van der Waals surface area contributed by atoms with Gasteiger partial charge in [0.2, 0.25) is 0 Å². The highest BCUT2D eigenvalue weighted by molar-refractivity contribution is 5.99. The summed E-state index contributed by atoms with van der Waals surface area (Å²) in [7, 11) is 0. The molecule has 0 bridgehead atoms. The Morgan fingerprint density at radius 1 is 0.967 bits per heavy atom. The first-order valence-electron chi connectivity index (χ1n) is 9.41. The maximum absolute atomic E-state index is 12.5. The van der Waals surface area contributed by atoms with E-state index < -0.39 is 18.0 Å². The van der Waals surface area contributed by atoms with Crippen LogP contribution in [-0.4, -0.2) is 18.0 Å². The van der Waals surface area contributed by atoms with Gasteiger partial charge in [-0.05, 0) is 42.3 Å². The SMILES string of the molecule is C[C@@H](OC(=O)/C=C/c1ccc(C#N)cc1)C(=O)Nc1ccccc1-c1ccccc1. The summed E-state index contributed by atoms with van der Waals surface area (Å²) in [6, 6.07) is 26.0. The Bertz CT molecular complexity index is 1100. The normalized spacial score (nSPS) is 11.5. The predicted molar refractivity (Wildman–Crippen MR) is 116 cm³/mol. The molecule has 0 saturated carbocycles. The quantitative estimate of drug-likeness (QED) is 0.479. The first kappa shape index (κ1) is 20.6. The third-order valence-corrected chi connectivity index (χ3v) is 4.38. The molecule has 5 heteroatoms. The fourth-order valence-corrected chi connectivity index (χ4v) is 2.80. The van der Waals surface area contributed by atoms with E-state index in [9.17, 15) is 9.59 Å². The molecule has 30 heavy (non-hydrogen) atoms. The summed E-state index contributed by atoms with van der Waals surface area (Å²) in [6.45, 7) is 1.52. The number of rotatable bonds is 6. The first-order chi connectivity index (χ1) is 14.6. The summed E-state index contributed by atoms with van der Waals surface area (Å²) in [5.41, 5.74) is 3.79. The molecule has 3 aromatic carbocycles. The van der Waals surface area contributed by atoms with Crippen molar-refractivity contribution in [1.82, 2.24) is 0 Å². The topological polar surface area (TPSA) is 79.2 Å². The molecule has 0 aliphatic carbocycles. The number of benzene rings is 3. The van der Waals surface area contributed by atoms with E-state index in [0.29, 0.717) is 11.3 Å². The van der Waals surface area contributed by atoms with Crippen molar-refractivity contribution in [3.63, 3.8) is 0 Å². The van der Waals surface area contributed by atoms with Gasteiger partial charge in [0, 0.05) is 17.3 Å². The third-order valence-electron chi connectivity index (χ3n) is 4.38. The average Bonchev–Trinajstić information content (AvgIpc) is 2.79. The van der Waals surface area contributed by atoms with E-state index in [1.807, 2.05) is 54.6 Å². The number of carbonyl (C=O) groups excluding carboxylic acids is 2. The van der Waals surface area contributed by atoms with Crippen molar-refractivity contribution in [2.45, 2.75) is 13.0 Å². The molecule has 3 rings (SSSR count). The number of carbonyl (C=O) groups is 2. The number of para-hydroxylation sites is 1. The van der Waals surface area contributed by atoms with E-state index in [4.69, 9.17) is 10.00 Å². The van der Waals surface area contributed by atoms with E-state index in [1.165, 1.54) is 13.0 Å². The van der Waals surface area contributed by atoms with Gasteiger partial charge in [0.15, 0.2) is 6.10 Å². The molecular formula is C25H20N2O3. The Labute approximate surface area is 175 Å². The second-order valence-corrected chi connectivity index (χ2v) is 6.55. The lowest BCUT2D eigenvalue weighted by atomic mass is 10.0. The Morgan fingerprint density at radius 3 is 2.33 bits per heavy atom. The van der Waals surface area contributed by atoms with Crippen molar-refractivity contribution in [3.05, 3.63) is 96.1 Å². The zero-order chi connectivity index (χ0) is 21.3. The van der Waals surface area contributed by atoms with Crippen LogP contribution in [0, 0.1) is 11.3 Å². The highest BCUT2D eigenvalue weighted by Gasteiger charge is 2.18. The highest BCUT2D eigenvalue weighted by Crippen LogP contribution is 2.27. The molecular weight excluding hydrogens is 376 g/mol. The van der Waals surface area contributed by atoms with Crippen LogP contribution >= 0.6 is 0 Å². The second-order valence-electron chi connectivity index (χ2n) is 6.55. The fourth-order valence-electron chi connectivity index (χ4n) is 2.80. The van der Waals surface area contributed by atoms with Crippen LogP contribution in [0.4, 0.5) is 5.69 Å². The van der Waals surface area contributed by atoms with Gasteiger partial charge in [-0.1, -0.05) is 60.7 Å². The zero-order valence-corrected chi connectivity index (χ0v) is 16.4. The Morgan fingerprint density at radius 2 is 1.63 bits per heavy atom. The summed E-state index contributed by atoms with van der Waals surface area (Å²) in [4.78, 5) is 24.6. The molecule has 1 N–H and O–H groups in total. The van der Waals surface area contributed by atoms with Crippen LogP contribution in [0.15, 0.2) is 84.9 Å². The van der Waals surface area contributed by atoms with Crippen LogP contribution in [0.5, 0.6) is 0 Å². The van der Waals surface area contributed by atoms with Gasteiger partial charge in [0.05, 0.1) is 11.6 Å². The van der Waals surface area contributed by atoms with Crippen LogP contribution in [0.2, 0.25) is 0 Å². The molecule has 0 unspecified atom stereocenters. The van der Waals surface area contributed by atoms with E-state index in [1.54, 1.807) is 36.4 Å². The standard InChI is InChI=1S/C25H20N2O3/c1-18(30-24(28)16-15-19-11-13-20(17-26)14-12-19)25(29)27-23-10-6-5-9-22(23)21-7-3-2-4-8-21/h2-16,18H,1H3,(H,27,29)/b16-15+/t18-/m1/s1. The van der Waals surface area contributed by atoms with E-state index in [-0.39, 0.29) is 0 Å². The number of anilines is 1. The van der Waals surface area contributed by atoms with Crippen LogP contribution in [-0.2, 0) is 14.3 Å². The lowest BCUT2D eigenvalue weighted by Gasteiger charge is -2.15. The van der Waals surface area contributed by atoms with Gasteiger partial charge >= 0.3 is 5.97 Å². The maximum atomic E-state index is 12.5. The summed E-state index contributed by atoms with van der Waals surface area (Å²) < 4.78 is 5.21. The maximum Gasteiger partial charge on any atom is 0.331 e. The Balaban J connectivity index is 1.62. The lowest BCUT2D eigenvalue weighted by Crippen LogP contribution is -2.29. The average molecular weight is 396 g/mol. The minimum absolute atomic E-state index is 0.418. The van der Waals surface area contributed by atoms with E-state index in [0.717, 1.165) is 16.7 Å². The molecule has 148 valence electrons. The molecule has 3 aromatic rings. The molecule has 0 aliphatic heterocycles. The molecule has 1 atom stereocenters. The molecule has 0 heterocycles. The number of hydrogen-bond donors (Lipinski definition) is 1. The largest absolute Gasteiger partial charge is 0.449 e. The van der Waals surface area contributed by atoms with Crippen molar-refractivity contribution in [1.29, 1.82) is 5.26 Å². The molecule has 0 aromatic heterocycles. The number of nitrogens with zero attached hydrogens (tertiary/aromatic N) is 1. The van der Waals surface area contributed by atoms with Gasteiger partial charge in [0.25, 0.3) is 5.91 Å². The Hall–Kier alpha value is -4.17. The van der Waals surface area contributed by atoms with Crippen molar-refractivity contribution in [2.24, 2.45) is 0 Å². The van der Waals surface area contributed by atoms with Gasteiger partial charge in [-0.25, -0.2) is 4.79 Å². The van der Waals surface area contributed by atoms with Crippen molar-refractivity contribution < 1.29 is 14.3 Å². The second kappa shape index (κ2) is 9.85.